The Morgan fingerprint density at radius 1 is 1.33 bits per heavy atom. The van der Waals surface area contributed by atoms with Gasteiger partial charge in [-0.15, -0.1) is 0 Å². The van der Waals surface area contributed by atoms with E-state index in [2.05, 4.69) is 5.32 Å². The van der Waals surface area contributed by atoms with Gasteiger partial charge < -0.3 is 10.1 Å². The Bertz CT molecular complexity index is 530. The minimum Gasteiger partial charge on any atom is -0.492 e. The lowest BCUT2D eigenvalue weighted by Crippen LogP contribution is -2.40. The van der Waals surface area contributed by atoms with Crippen molar-refractivity contribution in [3.8, 4) is 5.75 Å². The van der Waals surface area contributed by atoms with E-state index in [9.17, 15) is 9.59 Å². The number of hydrogen-bond donors (Lipinski definition) is 1. The molecule has 21 heavy (non-hydrogen) atoms. The normalized spacial score (nSPS) is 19.8. The first-order valence-corrected chi connectivity index (χ1v) is 7.42. The van der Waals surface area contributed by atoms with Crippen LogP contribution in [0.1, 0.15) is 33.6 Å². The lowest BCUT2D eigenvalue weighted by atomic mass is 10.2. The maximum Gasteiger partial charge on any atom is 0.252 e. The highest BCUT2D eigenvalue weighted by molar-refractivity contribution is 6.07. The van der Waals surface area contributed by atoms with Crippen LogP contribution in [-0.2, 0) is 9.59 Å². The zero-order valence-electron chi connectivity index (χ0n) is 12.8. The quantitative estimate of drug-likeness (QED) is 0.817. The van der Waals surface area contributed by atoms with Crippen LogP contribution in [-0.4, -0.2) is 35.4 Å². The van der Waals surface area contributed by atoms with Crippen LogP contribution in [0.25, 0.3) is 0 Å². The third-order valence-electron chi connectivity index (χ3n) is 3.73. The Morgan fingerprint density at radius 2 is 2.05 bits per heavy atom. The number of ether oxygens (including phenoxy) is 1. The van der Waals surface area contributed by atoms with Gasteiger partial charge in [-0.3, -0.25) is 14.5 Å². The van der Waals surface area contributed by atoms with Crippen molar-refractivity contribution in [3.63, 3.8) is 0 Å². The molecular formula is C16H22N2O3. The Balaban J connectivity index is 2.14. The summed E-state index contributed by atoms with van der Waals surface area (Å²) in [6.07, 6.45) is 0.962. The number of amides is 2. The highest BCUT2D eigenvalue weighted by Crippen LogP contribution is 2.27. The van der Waals surface area contributed by atoms with Crippen LogP contribution in [0.15, 0.2) is 24.3 Å². The molecule has 1 aromatic rings. The second kappa shape index (κ2) is 6.61. The molecular weight excluding hydrogens is 268 g/mol. The van der Waals surface area contributed by atoms with Gasteiger partial charge in [0.2, 0.25) is 5.91 Å². The summed E-state index contributed by atoms with van der Waals surface area (Å²) in [5, 5.41) is 3.15. The van der Waals surface area contributed by atoms with Gasteiger partial charge in [-0.1, -0.05) is 19.1 Å². The number of likely N-dealkylation sites (tertiary alicyclic amines) is 1. The zero-order valence-corrected chi connectivity index (χ0v) is 12.8. The third-order valence-corrected chi connectivity index (χ3v) is 3.73. The second-order valence-electron chi connectivity index (χ2n) is 5.19. The lowest BCUT2D eigenvalue weighted by Gasteiger charge is -2.22. The molecule has 0 radical (unpaired) electrons. The minimum absolute atomic E-state index is 0.0565. The van der Waals surface area contributed by atoms with E-state index in [4.69, 9.17) is 4.74 Å². The molecule has 114 valence electrons. The number of nitrogens with zero attached hydrogens (tertiary/aromatic N) is 1. The van der Waals surface area contributed by atoms with Crippen molar-refractivity contribution < 1.29 is 14.3 Å². The highest BCUT2D eigenvalue weighted by Gasteiger charge is 2.40. The molecule has 2 atom stereocenters. The van der Waals surface area contributed by atoms with E-state index in [1.807, 2.05) is 45.0 Å². The molecule has 0 bridgehead atoms. The predicted molar refractivity (Wildman–Crippen MR) is 81.2 cm³/mol. The topological polar surface area (TPSA) is 58.6 Å². The van der Waals surface area contributed by atoms with Crippen LogP contribution >= 0.6 is 0 Å². The molecule has 0 aromatic heterocycles. The van der Waals surface area contributed by atoms with Crippen molar-refractivity contribution >= 4 is 17.5 Å². The maximum atomic E-state index is 12.4. The number of rotatable bonds is 6. The summed E-state index contributed by atoms with van der Waals surface area (Å²) >= 11 is 0. The van der Waals surface area contributed by atoms with Gasteiger partial charge in [0.1, 0.15) is 11.8 Å². The molecule has 5 heteroatoms. The summed E-state index contributed by atoms with van der Waals surface area (Å²) in [7, 11) is 0. The van der Waals surface area contributed by atoms with Crippen LogP contribution in [0.2, 0.25) is 0 Å². The van der Waals surface area contributed by atoms with Gasteiger partial charge in [-0.2, -0.15) is 0 Å². The standard InChI is InChI=1S/C16H22N2O3/c1-4-11(3)18-15(19)10-13(16(18)20)17-12-8-6-7-9-14(12)21-5-2/h6-9,11,13,17H,4-5,10H2,1-3H3. The van der Waals surface area contributed by atoms with Gasteiger partial charge in [-0.05, 0) is 32.4 Å². The first kappa shape index (κ1) is 15.4. The zero-order chi connectivity index (χ0) is 15.4. The number of imide groups is 1. The van der Waals surface area contributed by atoms with Crippen molar-refractivity contribution in [2.24, 2.45) is 0 Å². The van der Waals surface area contributed by atoms with Crippen molar-refractivity contribution in [1.82, 2.24) is 4.90 Å². The molecule has 1 aliphatic rings. The molecule has 1 saturated heterocycles. The largest absolute Gasteiger partial charge is 0.492 e. The molecule has 1 aromatic carbocycles. The molecule has 1 heterocycles. The summed E-state index contributed by atoms with van der Waals surface area (Å²) in [5.74, 6) is 0.434. The molecule has 1 aliphatic heterocycles. The van der Waals surface area contributed by atoms with Crippen LogP contribution in [0.5, 0.6) is 5.75 Å². The molecule has 2 unspecified atom stereocenters. The van der Waals surface area contributed by atoms with Crippen LogP contribution in [0.4, 0.5) is 5.69 Å². The number of benzene rings is 1. The van der Waals surface area contributed by atoms with Crippen LogP contribution < -0.4 is 10.1 Å². The average molecular weight is 290 g/mol. The van der Waals surface area contributed by atoms with Crippen molar-refractivity contribution in [2.45, 2.75) is 45.7 Å². The van der Waals surface area contributed by atoms with Crippen LogP contribution in [0, 0.1) is 0 Å². The summed E-state index contributed by atoms with van der Waals surface area (Å²) in [6, 6.07) is 6.89. The van der Waals surface area contributed by atoms with Gasteiger partial charge in [0, 0.05) is 6.04 Å². The Kier molecular flexibility index (Phi) is 4.83. The van der Waals surface area contributed by atoms with E-state index in [1.54, 1.807) is 0 Å². The Morgan fingerprint density at radius 3 is 2.71 bits per heavy atom. The van der Waals surface area contributed by atoms with Crippen molar-refractivity contribution in [2.75, 3.05) is 11.9 Å². The molecule has 0 spiro atoms. The Labute approximate surface area is 125 Å². The number of para-hydroxylation sites is 2. The molecule has 0 aliphatic carbocycles. The summed E-state index contributed by atoms with van der Waals surface area (Å²) in [4.78, 5) is 25.8. The average Bonchev–Trinajstić information content (AvgIpc) is 2.75. The fourth-order valence-corrected chi connectivity index (χ4v) is 2.46. The van der Waals surface area contributed by atoms with E-state index >= 15 is 0 Å². The van der Waals surface area contributed by atoms with Gasteiger partial charge in [-0.25, -0.2) is 0 Å². The van der Waals surface area contributed by atoms with Crippen molar-refractivity contribution in [3.05, 3.63) is 24.3 Å². The number of hydrogen-bond acceptors (Lipinski definition) is 4. The van der Waals surface area contributed by atoms with E-state index < -0.39 is 6.04 Å². The SMILES string of the molecule is CCOc1ccccc1NC1CC(=O)N(C(C)CC)C1=O. The van der Waals surface area contributed by atoms with Gasteiger partial charge >= 0.3 is 0 Å². The van der Waals surface area contributed by atoms with E-state index in [1.165, 1.54) is 4.90 Å². The molecule has 2 amide bonds. The van der Waals surface area contributed by atoms with Crippen LogP contribution in [0.3, 0.4) is 0 Å². The molecule has 5 nitrogen and oxygen atoms in total. The first-order chi connectivity index (χ1) is 10.1. The Hall–Kier alpha value is -2.04. The van der Waals surface area contributed by atoms with Crippen molar-refractivity contribution in [1.29, 1.82) is 0 Å². The summed E-state index contributed by atoms with van der Waals surface area (Å²) in [5.41, 5.74) is 0.747. The minimum atomic E-state index is -0.506. The molecule has 1 fully saturated rings. The van der Waals surface area contributed by atoms with E-state index in [0.29, 0.717) is 12.4 Å². The maximum absolute atomic E-state index is 12.4. The summed E-state index contributed by atoms with van der Waals surface area (Å²) in [6.45, 7) is 6.32. The van der Waals surface area contributed by atoms with Gasteiger partial charge in [0.15, 0.2) is 0 Å². The number of nitrogens with one attached hydrogen (secondary N) is 1. The predicted octanol–water partition coefficient (Wildman–Crippen LogP) is 2.42. The lowest BCUT2D eigenvalue weighted by molar-refractivity contribution is -0.140. The third kappa shape index (κ3) is 3.17. The number of anilines is 1. The van der Waals surface area contributed by atoms with E-state index in [0.717, 1.165) is 12.1 Å². The van der Waals surface area contributed by atoms with Gasteiger partial charge in [0.25, 0.3) is 5.91 Å². The molecule has 2 rings (SSSR count). The van der Waals surface area contributed by atoms with Gasteiger partial charge in [0.05, 0.1) is 18.7 Å². The molecule has 0 saturated carbocycles. The monoisotopic (exact) mass is 290 g/mol. The highest BCUT2D eigenvalue weighted by atomic mass is 16.5. The second-order valence-corrected chi connectivity index (χ2v) is 5.19. The van der Waals surface area contributed by atoms with E-state index in [-0.39, 0.29) is 24.3 Å². The smallest absolute Gasteiger partial charge is 0.252 e. The fourth-order valence-electron chi connectivity index (χ4n) is 2.46. The molecule has 1 N–H and O–H groups in total. The number of carbonyl (C=O) groups excluding carboxylic acids is 2. The first-order valence-electron chi connectivity index (χ1n) is 7.42. The summed E-state index contributed by atoms with van der Waals surface area (Å²) < 4.78 is 5.53. The fraction of sp³-hybridized carbons (Fsp3) is 0.500. The number of carbonyl (C=O) groups is 2.